The predicted molar refractivity (Wildman–Crippen MR) is 117 cm³/mol. The van der Waals surface area contributed by atoms with Crippen molar-refractivity contribution in [2.24, 2.45) is 12.1 Å². The van der Waals surface area contributed by atoms with Gasteiger partial charge in [-0.05, 0) is 42.1 Å². The van der Waals surface area contributed by atoms with Crippen LogP contribution >= 0.6 is 11.3 Å². The van der Waals surface area contributed by atoms with Gasteiger partial charge in [0.25, 0.3) is 5.91 Å². The number of aryl methyl sites for hydroxylation is 2. The van der Waals surface area contributed by atoms with E-state index in [0.29, 0.717) is 10.6 Å². The maximum absolute atomic E-state index is 12.6. The van der Waals surface area contributed by atoms with Gasteiger partial charge in [-0.1, -0.05) is 24.3 Å². The molecule has 0 atom stereocenters. The van der Waals surface area contributed by atoms with Crippen LogP contribution in [0.4, 0.5) is 0 Å². The molecule has 0 saturated heterocycles. The van der Waals surface area contributed by atoms with Gasteiger partial charge in [0, 0.05) is 18.8 Å². The van der Waals surface area contributed by atoms with E-state index in [9.17, 15) is 4.79 Å². The average Bonchev–Trinajstić information content (AvgIpc) is 3.30. The molecule has 0 unspecified atom stereocenters. The Balaban J connectivity index is 1.51. The summed E-state index contributed by atoms with van der Waals surface area (Å²) < 4.78 is 7.44. The zero-order chi connectivity index (χ0) is 20.4. The molecule has 1 amide bonds. The first-order valence-corrected chi connectivity index (χ1v) is 9.88. The number of hydrazone groups is 1. The molecule has 2 aromatic heterocycles. The Morgan fingerprint density at radius 1 is 1.24 bits per heavy atom. The zero-order valence-electron chi connectivity index (χ0n) is 16.3. The number of rotatable bonds is 5. The molecular formula is C22H20N4O2S. The first kappa shape index (κ1) is 18.9. The van der Waals surface area contributed by atoms with Crippen LogP contribution in [-0.2, 0) is 7.05 Å². The number of benzene rings is 2. The summed E-state index contributed by atoms with van der Waals surface area (Å²) in [5.74, 6) is 0.444. The molecule has 2 aromatic carbocycles. The molecule has 2 heterocycles. The van der Waals surface area contributed by atoms with Crippen molar-refractivity contribution in [1.29, 1.82) is 0 Å². The highest BCUT2D eigenvalue weighted by molar-refractivity contribution is 7.17. The molecule has 0 spiro atoms. The monoisotopic (exact) mass is 404 g/mol. The number of hydrogen-bond donors (Lipinski definition) is 1. The van der Waals surface area contributed by atoms with E-state index in [1.165, 1.54) is 11.3 Å². The molecule has 146 valence electrons. The van der Waals surface area contributed by atoms with Crippen molar-refractivity contribution >= 4 is 34.4 Å². The van der Waals surface area contributed by atoms with Crippen LogP contribution in [0.25, 0.3) is 21.5 Å². The second-order valence-corrected chi connectivity index (χ2v) is 7.58. The first-order valence-electron chi connectivity index (χ1n) is 9.06. The van der Waals surface area contributed by atoms with Crippen molar-refractivity contribution in [1.82, 2.24) is 15.0 Å². The minimum atomic E-state index is -0.280. The largest absolute Gasteiger partial charge is 0.496 e. The van der Waals surface area contributed by atoms with Gasteiger partial charge in [0.2, 0.25) is 0 Å². The number of methoxy groups -OCH3 is 1. The minimum absolute atomic E-state index is 0.280. The van der Waals surface area contributed by atoms with Crippen LogP contribution in [0.5, 0.6) is 5.75 Å². The van der Waals surface area contributed by atoms with Crippen molar-refractivity contribution in [3.05, 3.63) is 70.9 Å². The van der Waals surface area contributed by atoms with E-state index in [0.717, 1.165) is 32.8 Å². The van der Waals surface area contributed by atoms with Crippen molar-refractivity contribution in [3.8, 4) is 16.3 Å². The quantitative estimate of drug-likeness (QED) is 0.396. The van der Waals surface area contributed by atoms with E-state index < -0.39 is 0 Å². The Kier molecular flexibility index (Phi) is 5.14. The van der Waals surface area contributed by atoms with Gasteiger partial charge >= 0.3 is 0 Å². The number of carbonyl (C=O) groups excluding carboxylic acids is 1. The third-order valence-corrected chi connectivity index (χ3v) is 5.82. The van der Waals surface area contributed by atoms with Gasteiger partial charge in [0.05, 0.1) is 24.6 Å². The molecule has 7 heteroatoms. The third kappa shape index (κ3) is 3.77. The van der Waals surface area contributed by atoms with Gasteiger partial charge in [-0.3, -0.25) is 4.79 Å². The Hall–Kier alpha value is -3.45. The van der Waals surface area contributed by atoms with Crippen molar-refractivity contribution in [2.75, 3.05) is 7.11 Å². The van der Waals surface area contributed by atoms with Crippen LogP contribution in [-0.4, -0.2) is 28.8 Å². The van der Waals surface area contributed by atoms with Crippen LogP contribution in [0.15, 0.2) is 59.8 Å². The number of amides is 1. The summed E-state index contributed by atoms with van der Waals surface area (Å²) in [5, 5.41) is 6.02. The number of aromatic nitrogens is 2. The second kappa shape index (κ2) is 7.89. The molecule has 0 radical (unpaired) electrons. The zero-order valence-corrected chi connectivity index (χ0v) is 17.2. The van der Waals surface area contributed by atoms with E-state index in [1.807, 2.05) is 67.2 Å². The average molecular weight is 404 g/mol. The summed E-state index contributed by atoms with van der Waals surface area (Å²) in [7, 11) is 3.62. The topological polar surface area (TPSA) is 68.5 Å². The van der Waals surface area contributed by atoms with Gasteiger partial charge in [-0.25, -0.2) is 10.4 Å². The number of fused-ring (bicyclic) bond motifs is 1. The van der Waals surface area contributed by atoms with Crippen LogP contribution < -0.4 is 10.2 Å². The first-order chi connectivity index (χ1) is 14.1. The number of nitrogens with zero attached hydrogens (tertiary/aromatic N) is 3. The number of thiazole rings is 1. The summed E-state index contributed by atoms with van der Waals surface area (Å²) in [6, 6.07) is 15.7. The summed E-state index contributed by atoms with van der Waals surface area (Å²) in [6.07, 6.45) is 3.65. The van der Waals surface area contributed by atoms with E-state index in [1.54, 1.807) is 13.3 Å². The van der Waals surface area contributed by atoms with Crippen molar-refractivity contribution in [2.45, 2.75) is 6.92 Å². The molecule has 0 aliphatic carbocycles. The Labute approximate surface area is 172 Å². The fourth-order valence-electron chi connectivity index (χ4n) is 3.12. The smallest absolute Gasteiger partial charge is 0.283 e. The molecule has 1 N–H and O–H groups in total. The summed E-state index contributed by atoms with van der Waals surface area (Å²) in [6.45, 7) is 1.82. The van der Waals surface area contributed by atoms with Gasteiger partial charge in [0.15, 0.2) is 0 Å². The molecule has 4 aromatic rings. The van der Waals surface area contributed by atoms with E-state index in [-0.39, 0.29) is 5.91 Å². The summed E-state index contributed by atoms with van der Waals surface area (Å²) in [4.78, 5) is 17.7. The third-order valence-electron chi connectivity index (χ3n) is 4.63. The normalized spacial score (nSPS) is 11.3. The fraction of sp³-hybridized carbons (Fsp3) is 0.136. The van der Waals surface area contributed by atoms with Gasteiger partial charge in [-0.2, -0.15) is 5.10 Å². The molecule has 0 fully saturated rings. The number of nitrogens with one attached hydrogen (secondary N) is 1. The molecule has 0 saturated carbocycles. The van der Waals surface area contributed by atoms with Crippen molar-refractivity contribution < 1.29 is 9.53 Å². The van der Waals surface area contributed by atoms with Crippen LogP contribution in [0.1, 0.15) is 20.9 Å². The lowest BCUT2D eigenvalue weighted by atomic mass is 10.2. The van der Waals surface area contributed by atoms with Crippen LogP contribution in [0.3, 0.4) is 0 Å². The fourth-order valence-corrected chi connectivity index (χ4v) is 4.11. The number of para-hydroxylation sites is 1. The summed E-state index contributed by atoms with van der Waals surface area (Å²) >= 11 is 1.32. The van der Waals surface area contributed by atoms with Crippen LogP contribution in [0, 0.1) is 6.92 Å². The van der Waals surface area contributed by atoms with Crippen molar-refractivity contribution in [3.63, 3.8) is 0 Å². The number of hydrogen-bond acceptors (Lipinski definition) is 5. The Morgan fingerprint density at radius 2 is 2.07 bits per heavy atom. The predicted octanol–water partition coefficient (Wildman–Crippen LogP) is 4.38. The van der Waals surface area contributed by atoms with E-state index >= 15 is 0 Å². The molecule has 4 rings (SSSR count). The molecule has 0 aliphatic rings. The molecule has 29 heavy (non-hydrogen) atoms. The number of ether oxygens (including phenoxy) is 1. The Bertz CT molecular complexity index is 1220. The number of carbonyl (C=O) groups is 1. The highest BCUT2D eigenvalue weighted by Crippen LogP contribution is 2.34. The van der Waals surface area contributed by atoms with E-state index in [2.05, 4.69) is 21.6 Å². The SMILES string of the molecule is COc1ccccc1-c1nc(C)c(C(=O)N/N=C/c2ccc3ccn(C)c3c2)s1. The standard InChI is InChI=1S/C22H20N4O2S/c1-14-20(29-22(24-14)17-6-4-5-7-19(17)28-3)21(27)25-23-13-15-8-9-16-10-11-26(2)18(16)12-15/h4-13H,1-3H3,(H,25,27)/b23-13+. The lowest BCUT2D eigenvalue weighted by molar-refractivity contribution is 0.0958. The highest BCUT2D eigenvalue weighted by Gasteiger charge is 2.17. The summed E-state index contributed by atoms with van der Waals surface area (Å²) in [5.41, 5.74) is 6.15. The van der Waals surface area contributed by atoms with E-state index in [4.69, 9.17) is 4.74 Å². The highest BCUT2D eigenvalue weighted by atomic mass is 32.1. The molecule has 6 nitrogen and oxygen atoms in total. The maximum Gasteiger partial charge on any atom is 0.283 e. The van der Waals surface area contributed by atoms with Gasteiger partial charge in [-0.15, -0.1) is 11.3 Å². The Morgan fingerprint density at radius 3 is 2.90 bits per heavy atom. The lowest BCUT2D eigenvalue weighted by Gasteiger charge is -2.04. The second-order valence-electron chi connectivity index (χ2n) is 6.58. The lowest BCUT2D eigenvalue weighted by Crippen LogP contribution is -2.17. The van der Waals surface area contributed by atoms with Crippen LogP contribution in [0.2, 0.25) is 0 Å². The minimum Gasteiger partial charge on any atom is -0.496 e. The molecule has 0 bridgehead atoms. The molecular weight excluding hydrogens is 384 g/mol. The maximum atomic E-state index is 12.6. The molecule has 0 aliphatic heterocycles. The van der Waals surface area contributed by atoms with Gasteiger partial charge < -0.3 is 9.30 Å². The van der Waals surface area contributed by atoms with Gasteiger partial charge in [0.1, 0.15) is 15.6 Å².